The first-order valence-corrected chi connectivity index (χ1v) is 5.68. The number of carbonyl (C=O) groups excluding carboxylic acids is 1. The smallest absolute Gasteiger partial charge is 0.152 e. The van der Waals surface area contributed by atoms with E-state index in [1.54, 1.807) is 0 Å². The Kier molecular flexibility index (Phi) is 4.99. The third-order valence-electron chi connectivity index (χ3n) is 1.88. The molecule has 0 bridgehead atoms. The van der Waals surface area contributed by atoms with E-state index in [9.17, 15) is 4.79 Å². The zero-order chi connectivity index (χ0) is 11.3. The molecule has 0 amide bonds. The van der Waals surface area contributed by atoms with Crippen LogP contribution in [0.15, 0.2) is 23.1 Å². The van der Waals surface area contributed by atoms with Gasteiger partial charge in [-0.05, 0) is 25.1 Å². The third kappa shape index (κ3) is 3.76. The van der Waals surface area contributed by atoms with Gasteiger partial charge >= 0.3 is 0 Å². The fourth-order valence-corrected chi connectivity index (χ4v) is 1.58. The molecular weight excluding hydrogens is 232 g/mol. The number of rotatable bonds is 5. The van der Waals surface area contributed by atoms with E-state index >= 15 is 0 Å². The van der Waals surface area contributed by atoms with Crippen molar-refractivity contribution in [3.05, 3.63) is 23.8 Å². The van der Waals surface area contributed by atoms with E-state index in [1.807, 2.05) is 25.1 Å². The number of benzene rings is 1. The first kappa shape index (κ1) is 12.4. The van der Waals surface area contributed by atoms with Gasteiger partial charge in [0, 0.05) is 16.9 Å². The van der Waals surface area contributed by atoms with Gasteiger partial charge in [0.1, 0.15) is 5.75 Å². The van der Waals surface area contributed by atoms with Crippen LogP contribution in [-0.4, -0.2) is 18.3 Å². The summed E-state index contributed by atoms with van der Waals surface area (Å²) < 4.78 is 5.41. The molecule has 0 aromatic heterocycles. The molecule has 0 aliphatic heterocycles. The van der Waals surface area contributed by atoms with Gasteiger partial charge in [-0.3, -0.25) is 4.79 Å². The second-order valence-corrected chi connectivity index (χ2v) is 3.86. The lowest BCUT2D eigenvalue weighted by atomic mass is 10.1. The molecule has 0 heterocycles. The fraction of sp³-hybridized carbons (Fsp3) is 0.364. The van der Waals surface area contributed by atoms with Crippen LogP contribution in [0.2, 0.25) is 0 Å². The number of halogens is 1. The summed E-state index contributed by atoms with van der Waals surface area (Å²) in [6.07, 6.45) is 0.299. The summed E-state index contributed by atoms with van der Waals surface area (Å²) in [6, 6.07) is 5.49. The highest BCUT2D eigenvalue weighted by atomic mass is 35.5. The summed E-state index contributed by atoms with van der Waals surface area (Å²) in [4.78, 5) is 12.1. The van der Waals surface area contributed by atoms with Crippen LogP contribution in [0.4, 0.5) is 0 Å². The molecule has 0 fully saturated rings. The Bertz CT molecular complexity index is 352. The summed E-state index contributed by atoms with van der Waals surface area (Å²) in [5.41, 5.74) is 0.843. The van der Waals surface area contributed by atoms with Crippen molar-refractivity contribution < 1.29 is 9.53 Å². The molecule has 0 saturated heterocycles. The second kappa shape index (κ2) is 6.03. The van der Waals surface area contributed by atoms with Crippen LogP contribution < -0.4 is 4.74 Å². The van der Waals surface area contributed by atoms with Gasteiger partial charge in [-0.2, -0.15) is 0 Å². The van der Waals surface area contributed by atoms with Crippen LogP contribution >= 0.6 is 24.2 Å². The normalized spacial score (nSPS) is 10.1. The molecule has 1 aromatic carbocycles. The standard InChI is InChI=1S/C11H13ClO2S/c1-2-14-11-4-3-10(15)6-8(11)5-9(13)7-12/h3-4,6,15H,2,5,7H2,1H3. The maximum Gasteiger partial charge on any atom is 0.152 e. The molecule has 2 nitrogen and oxygen atoms in total. The lowest BCUT2D eigenvalue weighted by Gasteiger charge is -2.09. The maximum atomic E-state index is 11.2. The predicted molar refractivity (Wildman–Crippen MR) is 64.3 cm³/mol. The molecule has 0 aliphatic rings. The first-order chi connectivity index (χ1) is 7.17. The van der Waals surface area contributed by atoms with Gasteiger partial charge in [0.25, 0.3) is 0 Å². The Balaban J connectivity index is 2.91. The molecule has 0 saturated carbocycles. The molecule has 0 atom stereocenters. The molecule has 1 rings (SSSR count). The summed E-state index contributed by atoms with van der Waals surface area (Å²) in [7, 11) is 0. The van der Waals surface area contributed by atoms with Crippen LogP contribution in [0.5, 0.6) is 5.75 Å². The second-order valence-electron chi connectivity index (χ2n) is 3.07. The van der Waals surface area contributed by atoms with Gasteiger partial charge in [-0.25, -0.2) is 0 Å². The van der Waals surface area contributed by atoms with Crippen LogP contribution in [-0.2, 0) is 11.2 Å². The summed E-state index contributed by atoms with van der Waals surface area (Å²) >= 11 is 9.68. The number of hydrogen-bond donors (Lipinski definition) is 1. The van der Waals surface area contributed by atoms with E-state index in [4.69, 9.17) is 16.3 Å². The number of carbonyl (C=O) groups is 1. The average Bonchev–Trinajstić information content (AvgIpc) is 2.22. The largest absolute Gasteiger partial charge is 0.494 e. The minimum atomic E-state index is -0.0171. The highest BCUT2D eigenvalue weighted by Crippen LogP contribution is 2.22. The Labute approximate surface area is 100.0 Å². The molecule has 0 aliphatic carbocycles. The Morgan fingerprint density at radius 3 is 2.87 bits per heavy atom. The minimum Gasteiger partial charge on any atom is -0.494 e. The van der Waals surface area contributed by atoms with Crippen LogP contribution in [0.25, 0.3) is 0 Å². The quantitative estimate of drug-likeness (QED) is 0.637. The van der Waals surface area contributed by atoms with E-state index in [0.29, 0.717) is 13.0 Å². The Hall–Kier alpha value is -0.670. The number of alkyl halides is 1. The predicted octanol–water partition coefficient (Wildman–Crippen LogP) is 2.72. The zero-order valence-corrected chi connectivity index (χ0v) is 10.1. The minimum absolute atomic E-state index is 0.0171. The lowest BCUT2D eigenvalue weighted by Crippen LogP contribution is -2.06. The van der Waals surface area contributed by atoms with Crippen molar-refractivity contribution in [2.75, 3.05) is 12.5 Å². The molecule has 0 unspecified atom stereocenters. The van der Waals surface area contributed by atoms with Gasteiger partial charge in [-0.1, -0.05) is 0 Å². The SMILES string of the molecule is CCOc1ccc(S)cc1CC(=O)CCl. The number of hydrogen-bond acceptors (Lipinski definition) is 3. The number of thiol groups is 1. The Morgan fingerprint density at radius 1 is 1.53 bits per heavy atom. The van der Waals surface area contributed by atoms with Crippen molar-refractivity contribution in [2.24, 2.45) is 0 Å². The monoisotopic (exact) mass is 244 g/mol. The van der Waals surface area contributed by atoms with E-state index in [-0.39, 0.29) is 11.7 Å². The molecule has 0 spiro atoms. The molecular formula is C11H13ClO2S. The summed E-state index contributed by atoms with van der Waals surface area (Å²) in [6.45, 7) is 2.48. The van der Waals surface area contributed by atoms with Crippen LogP contribution in [0.3, 0.4) is 0 Å². The van der Waals surface area contributed by atoms with E-state index in [1.165, 1.54) is 0 Å². The van der Waals surface area contributed by atoms with Crippen molar-refractivity contribution in [1.29, 1.82) is 0 Å². The van der Waals surface area contributed by atoms with Gasteiger partial charge in [0.2, 0.25) is 0 Å². The van der Waals surface area contributed by atoms with Crippen molar-refractivity contribution in [1.82, 2.24) is 0 Å². The van der Waals surface area contributed by atoms with Crippen molar-refractivity contribution in [3.63, 3.8) is 0 Å². The van der Waals surface area contributed by atoms with Gasteiger partial charge in [-0.15, -0.1) is 24.2 Å². The summed E-state index contributed by atoms with van der Waals surface area (Å²) in [5.74, 6) is 0.743. The van der Waals surface area contributed by atoms with E-state index < -0.39 is 0 Å². The topological polar surface area (TPSA) is 26.3 Å². The molecule has 4 heteroatoms. The Morgan fingerprint density at radius 2 is 2.27 bits per heavy atom. The maximum absolute atomic E-state index is 11.2. The molecule has 15 heavy (non-hydrogen) atoms. The lowest BCUT2D eigenvalue weighted by molar-refractivity contribution is -0.116. The first-order valence-electron chi connectivity index (χ1n) is 4.69. The van der Waals surface area contributed by atoms with Crippen molar-refractivity contribution in [3.8, 4) is 5.75 Å². The van der Waals surface area contributed by atoms with Crippen molar-refractivity contribution in [2.45, 2.75) is 18.2 Å². The molecule has 82 valence electrons. The highest BCUT2D eigenvalue weighted by Gasteiger charge is 2.08. The van der Waals surface area contributed by atoms with Crippen molar-refractivity contribution >= 4 is 30.0 Å². The van der Waals surface area contributed by atoms with E-state index in [2.05, 4.69) is 12.6 Å². The molecule has 0 N–H and O–H groups in total. The molecule has 1 aromatic rings. The van der Waals surface area contributed by atoms with Gasteiger partial charge in [0.15, 0.2) is 5.78 Å². The third-order valence-corrected chi connectivity index (χ3v) is 2.46. The average molecular weight is 245 g/mol. The number of ketones is 1. The highest BCUT2D eigenvalue weighted by molar-refractivity contribution is 7.80. The fourth-order valence-electron chi connectivity index (χ4n) is 1.26. The zero-order valence-electron chi connectivity index (χ0n) is 8.50. The van der Waals surface area contributed by atoms with E-state index in [0.717, 1.165) is 16.2 Å². The van der Waals surface area contributed by atoms with Gasteiger partial charge in [0.05, 0.1) is 12.5 Å². The molecule has 0 radical (unpaired) electrons. The number of Topliss-reactive ketones (excluding diaryl/α,β-unsaturated/α-hetero) is 1. The number of ether oxygens (including phenoxy) is 1. The van der Waals surface area contributed by atoms with Crippen LogP contribution in [0.1, 0.15) is 12.5 Å². The van der Waals surface area contributed by atoms with Crippen LogP contribution in [0, 0.1) is 0 Å². The van der Waals surface area contributed by atoms with Gasteiger partial charge < -0.3 is 4.74 Å². The summed E-state index contributed by atoms with van der Waals surface area (Å²) in [5, 5.41) is 0.